The van der Waals surface area contributed by atoms with E-state index >= 15 is 0 Å². The van der Waals surface area contributed by atoms with Crippen LogP contribution in [0.5, 0.6) is 5.75 Å². The van der Waals surface area contributed by atoms with Gasteiger partial charge in [0.1, 0.15) is 0 Å². The molecule has 2 aromatic rings. The summed E-state index contributed by atoms with van der Waals surface area (Å²) in [5, 5.41) is 21.6. The fraction of sp³-hybridized carbons (Fsp3) is 0.375. The Bertz CT molecular complexity index is 753. The average Bonchev–Trinajstić information content (AvgIpc) is 2.56. The van der Waals surface area contributed by atoms with Crippen molar-refractivity contribution in [1.29, 1.82) is 0 Å². The molecule has 23 heavy (non-hydrogen) atoms. The van der Waals surface area contributed by atoms with Crippen LogP contribution in [-0.4, -0.2) is 59.5 Å². The minimum Gasteiger partial charge on any atom is -0.504 e. The number of phenols is 1. The fourth-order valence-corrected chi connectivity index (χ4v) is 3.30. The smallest absolute Gasteiger partial charge is 0.172 e. The molecule has 0 bridgehead atoms. The summed E-state index contributed by atoms with van der Waals surface area (Å²) in [7, 11) is 2.12. The third-order valence-corrected chi connectivity index (χ3v) is 4.54. The Kier molecular flexibility index (Phi) is 3.30. The summed E-state index contributed by atoms with van der Waals surface area (Å²) < 4.78 is 13.6. The van der Waals surface area contributed by atoms with Gasteiger partial charge >= 0.3 is 0 Å². The number of aromatic nitrogens is 2. The Labute approximate surface area is 133 Å². The molecule has 3 heterocycles. The molecule has 0 spiro atoms. The first-order valence-corrected chi connectivity index (χ1v) is 7.68. The number of piperazine rings is 1. The number of benzene rings is 1. The van der Waals surface area contributed by atoms with Gasteiger partial charge in [-0.05, 0) is 25.2 Å². The molecule has 2 aliphatic heterocycles. The van der Waals surface area contributed by atoms with E-state index < -0.39 is 5.82 Å². The van der Waals surface area contributed by atoms with Crippen molar-refractivity contribution in [3.63, 3.8) is 0 Å². The van der Waals surface area contributed by atoms with E-state index in [1.54, 1.807) is 12.1 Å². The summed E-state index contributed by atoms with van der Waals surface area (Å²) >= 11 is 0. The standard InChI is InChI=1S/C16H18FN5O/c1-21-5-6-22-10(9-21)8-18-16-14(22)7-13(19-20-16)11-3-2-4-12(17)15(11)23/h2-4,7,10,23H,5-6,8-9H2,1H3,(H,18,20)/t10-/m0/s1. The fourth-order valence-electron chi connectivity index (χ4n) is 3.30. The molecule has 0 aliphatic carbocycles. The lowest BCUT2D eigenvalue weighted by Gasteiger charge is -2.44. The summed E-state index contributed by atoms with van der Waals surface area (Å²) in [6, 6.07) is 6.68. The van der Waals surface area contributed by atoms with Gasteiger partial charge in [0.15, 0.2) is 17.4 Å². The molecule has 2 aliphatic rings. The minimum atomic E-state index is -0.655. The maximum Gasteiger partial charge on any atom is 0.172 e. The molecule has 0 amide bonds. The van der Waals surface area contributed by atoms with Gasteiger partial charge in [-0.2, -0.15) is 0 Å². The normalized spacial score (nSPS) is 20.6. The third kappa shape index (κ3) is 2.37. The first kappa shape index (κ1) is 14.2. The van der Waals surface area contributed by atoms with E-state index in [4.69, 9.17) is 0 Å². The number of hydrogen-bond donors (Lipinski definition) is 2. The summed E-state index contributed by atoms with van der Waals surface area (Å²) in [6.45, 7) is 3.71. The van der Waals surface area contributed by atoms with Crippen LogP contribution in [0.25, 0.3) is 11.3 Å². The number of likely N-dealkylation sites (N-methyl/N-ethyl adjacent to an activating group) is 1. The topological polar surface area (TPSA) is 64.5 Å². The molecule has 1 fully saturated rings. The molecule has 2 N–H and O–H groups in total. The second kappa shape index (κ2) is 5.34. The molecule has 0 saturated carbocycles. The van der Waals surface area contributed by atoms with Crippen LogP contribution >= 0.6 is 0 Å². The number of fused-ring (bicyclic) bond motifs is 3. The Hall–Kier alpha value is -2.41. The molecule has 120 valence electrons. The van der Waals surface area contributed by atoms with Crippen LogP contribution in [0, 0.1) is 5.82 Å². The van der Waals surface area contributed by atoms with E-state index in [0.717, 1.165) is 37.7 Å². The number of anilines is 2. The number of nitrogens with one attached hydrogen (secondary N) is 1. The van der Waals surface area contributed by atoms with Crippen molar-refractivity contribution in [2.75, 3.05) is 43.4 Å². The Balaban J connectivity index is 1.76. The highest BCUT2D eigenvalue weighted by molar-refractivity contribution is 5.76. The van der Waals surface area contributed by atoms with Gasteiger partial charge in [-0.15, -0.1) is 10.2 Å². The Morgan fingerprint density at radius 2 is 2.17 bits per heavy atom. The van der Waals surface area contributed by atoms with E-state index in [2.05, 4.69) is 32.4 Å². The van der Waals surface area contributed by atoms with E-state index in [9.17, 15) is 9.50 Å². The predicted molar refractivity (Wildman–Crippen MR) is 86.2 cm³/mol. The lowest BCUT2D eigenvalue weighted by molar-refractivity contribution is 0.269. The zero-order chi connectivity index (χ0) is 16.0. The zero-order valence-corrected chi connectivity index (χ0v) is 12.8. The number of hydrogen-bond acceptors (Lipinski definition) is 6. The van der Waals surface area contributed by atoms with Crippen molar-refractivity contribution >= 4 is 11.5 Å². The van der Waals surface area contributed by atoms with Gasteiger partial charge in [-0.25, -0.2) is 4.39 Å². The van der Waals surface area contributed by atoms with Crippen LogP contribution in [0.4, 0.5) is 15.9 Å². The molecule has 1 aromatic heterocycles. The van der Waals surface area contributed by atoms with Gasteiger partial charge in [0.05, 0.1) is 17.4 Å². The second-order valence-corrected chi connectivity index (χ2v) is 6.09. The van der Waals surface area contributed by atoms with Crippen LogP contribution in [0.2, 0.25) is 0 Å². The highest BCUT2D eigenvalue weighted by Gasteiger charge is 2.31. The lowest BCUT2D eigenvalue weighted by atomic mass is 10.1. The van der Waals surface area contributed by atoms with E-state index in [1.807, 2.05) is 6.07 Å². The molecule has 6 nitrogen and oxygen atoms in total. The third-order valence-electron chi connectivity index (χ3n) is 4.54. The molecule has 7 heteroatoms. The highest BCUT2D eigenvalue weighted by Crippen LogP contribution is 2.36. The number of rotatable bonds is 1. The maximum atomic E-state index is 13.6. The molecular weight excluding hydrogens is 297 g/mol. The summed E-state index contributed by atoms with van der Waals surface area (Å²) in [6.07, 6.45) is 0. The SMILES string of the molecule is CN1CCN2c3cc(-c4cccc(F)c4O)nnc3NC[C@H]2C1. The van der Waals surface area contributed by atoms with Gasteiger partial charge in [-0.1, -0.05) is 6.07 Å². The molecule has 1 saturated heterocycles. The van der Waals surface area contributed by atoms with Crippen LogP contribution in [0.3, 0.4) is 0 Å². The first-order chi connectivity index (χ1) is 11.1. The zero-order valence-electron chi connectivity index (χ0n) is 12.8. The molecular formula is C16H18FN5O. The monoisotopic (exact) mass is 315 g/mol. The number of aromatic hydroxyl groups is 1. The summed E-state index contributed by atoms with van der Waals surface area (Å²) in [5.41, 5.74) is 1.79. The Morgan fingerprint density at radius 3 is 3.04 bits per heavy atom. The average molecular weight is 315 g/mol. The van der Waals surface area contributed by atoms with Gasteiger partial charge in [0, 0.05) is 31.7 Å². The summed E-state index contributed by atoms with van der Waals surface area (Å²) in [5.74, 6) is -0.302. The van der Waals surface area contributed by atoms with Crippen molar-refractivity contribution in [2.24, 2.45) is 0 Å². The van der Waals surface area contributed by atoms with Crippen molar-refractivity contribution in [3.8, 4) is 17.0 Å². The maximum absolute atomic E-state index is 13.6. The van der Waals surface area contributed by atoms with Crippen LogP contribution < -0.4 is 10.2 Å². The first-order valence-electron chi connectivity index (χ1n) is 7.68. The van der Waals surface area contributed by atoms with Crippen molar-refractivity contribution in [1.82, 2.24) is 15.1 Å². The van der Waals surface area contributed by atoms with Gasteiger partial charge in [0.2, 0.25) is 0 Å². The van der Waals surface area contributed by atoms with Crippen molar-refractivity contribution in [3.05, 3.63) is 30.1 Å². The van der Waals surface area contributed by atoms with Crippen molar-refractivity contribution in [2.45, 2.75) is 6.04 Å². The largest absolute Gasteiger partial charge is 0.504 e. The molecule has 0 unspecified atom stereocenters. The van der Waals surface area contributed by atoms with Gasteiger partial charge < -0.3 is 20.2 Å². The lowest BCUT2D eigenvalue weighted by Crippen LogP contribution is -2.56. The minimum absolute atomic E-state index is 0.358. The van der Waals surface area contributed by atoms with Crippen molar-refractivity contribution < 1.29 is 9.50 Å². The van der Waals surface area contributed by atoms with E-state index in [1.165, 1.54) is 6.07 Å². The highest BCUT2D eigenvalue weighted by atomic mass is 19.1. The quantitative estimate of drug-likeness (QED) is 0.832. The molecule has 1 atom stereocenters. The Morgan fingerprint density at radius 1 is 1.30 bits per heavy atom. The molecule has 1 aromatic carbocycles. The predicted octanol–water partition coefficient (Wildman–Crippen LogP) is 1.53. The van der Waals surface area contributed by atoms with E-state index in [0.29, 0.717) is 17.3 Å². The van der Waals surface area contributed by atoms with Crippen LogP contribution in [0.1, 0.15) is 0 Å². The molecule has 0 radical (unpaired) electrons. The molecule has 4 rings (SSSR count). The van der Waals surface area contributed by atoms with Gasteiger partial charge in [-0.3, -0.25) is 0 Å². The summed E-state index contributed by atoms with van der Waals surface area (Å²) in [4.78, 5) is 4.63. The second-order valence-electron chi connectivity index (χ2n) is 6.09. The van der Waals surface area contributed by atoms with Gasteiger partial charge in [0.25, 0.3) is 0 Å². The number of halogens is 1. The van der Waals surface area contributed by atoms with Crippen LogP contribution in [-0.2, 0) is 0 Å². The van der Waals surface area contributed by atoms with Crippen LogP contribution in [0.15, 0.2) is 24.3 Å². The number of nitrogens with zero attached hydrogens (tertiary/aromatic N) is 4. The van der Waals surface area contributed by atoms with E-state index in [-0.39, 0.29) is 5.75 Å². The number of phenolic OH excluding ortho intramolecular Hbond substituents is 1. The number of para-hydroxylation sites is 1.